The van der Waals surface area contributed by atoms with E-state index in [9.17, 15) is 4.79 Å². The molecule has 2 heterocycles. The van der Waals surface area contributed by atoms with Crippen molar-refractivity contribution in [3.63, 3.8) is 0 Å². The molecule has 1 aromatic heterocycles. The maximum absolute atomic E-state index is 11.9. The Labute approximate surface area is 102 Å². The first kappa shape index (κ1) is 12.0. The summed E-state index contributed by atoms with van der Waals surface area (Å²) in [6.45, 7) is 8.29. The van der Waals surface area contributed by atoms with Gasteiger partial charge in [-0.2, -0.15) is 5.10 Å². The van der Waals surface area contributed by atoms with Gasteiger partial charge in [0.15, 0.2) is 0 Å². The summed E-state index contributed by atoms with van der Waals surface area (Å²) in [5.41, 5.74) is 1.68. The standard InChI is InChI=1S/C12H20N4O/c1-7-10-11(16(5)15-7)13-8(12(2,3)4)6-9(17)14-10/h8,13H,6H2,1-5H3,(H,14,17). The highest BCUT2D eigenvalue weighted by molar-refractivity contribution is 5.96. The van der Waals surface area contributed by atoms with Gasteiger partial charge in [0.2, 0.25) is 5.91 Å². The van der Waals surface area contributed by atoms with Crippen molar-refractivity contribution >= 4 is 17.4 Å². The van der Waals surface area contributed by atoms with Crippen LogP contribution in [0.3, 0.4) is 0 Å². The minimum atomic E-state index is 0.0249. The lowest BCUT2D eigenvalue weighted by Gasteiger charge is -2.30. The van der Waals surface area contributed by atoms with E-state index in [1.165, 1.54) is 0 Å². The lowest BCUT2D eigenvalue weighted by Crippen LogP contribution is -2.36. The normalized spacial score (nSPS) is 20.3. The summed E-state index contributed by atoms with van der Waals surface area (Å²) in [4.78, 5) is 11.9. The summed E-state index contributed by atoms with van der Waals surface area (Å²) in [6.07, 6.45) is 0.484. The summed E-state index contributed by atoms with van der Waals surface area (Å²) < 4.78 is 1.79. The summed E-state index contributed by atoms with van der Waals surface area (Å²) in [5, 5.41) is 10.7. The van der Waals surface area contributed by atoms with E-state index in [1.54, 1.807) is 4.68 Å². The van der Waals surface area contributed by atoms with Crippen LogP contribution in [0.5, 0.6) is 0 Å². The number of aryl methyl sites for hydroxylation is 2. The maximum Gasteiger partial charge on any atom is 0.226 e. The number of anilines is 2. The summed E-state index contributed by atoms with van der Waals surface area (Å²) >= 11 is 0. The molecule has 1 amide bonds. The molecule has 0 spiro atoms. The van der Waals surface area contributed by atoms with E-state index in [4.69, 9.17) is 0 Å². The molecule has 17 heavy (non-hydrogen) atoms. The number of hydrogen-bond donors (Lipinski definition) is 2. The second kappa shape index (κ2) is 3.75. The monoisotopic (exact) mass is 236 g/mol. The fourth-order valence-electron chi connectivity index (χ4n) is 2.09. The molecule has 1 unspecified atom stereocenters. The fourth-order valence-corrected chi connectivity index (χ4v) is 2.09. The predicted octanol–water partition coefficient (Wildman–Crippen LogP) is 1.90. The molecule has 0 bridgehead atoms. The molecule has 0 saturated carbocycles. The molecule has 5 heteroatoms. The van der Waals surface area contributed by atoms with Crippen molar-refractivity contribution in [3.05, 3.63) is 5.69 Å². The van der Waals surface area contributed by atoms with E-state index in [0.29, 0.717) is 6.42 Å². The smallest absolute Gasteiger partial charge is 0.226 e. The van der Waals surface area contributed by atoms with E-state index in [0.717, 1.165) is 17.2 Å². The zero-order chi connectivity index (χ0) is 12.8. The Morgan fingerprint density at radius 1 is 1.41 bits per heavy atom. The van der Waals surface area contributed by atoms with Gasteiger partial charge in [0.05, 0.1) is 5.69 Å². The van der Waals surface area contributed by atoms with Crippen molar-refractivity contribution in [3.8, 4) is 0 Å². The average molecular weight is 236 g/mol. The Balaban J connectivity index is 2.43. The summed E-state index contributed by atoms with van der Waals surface area (Å²) in [5.74, 6) is 0.945. The Morgan fingerprint density at radius 3 is 2.65 bits per heavy atom. The van der Waals surface area contributed by atoms with Gasteiger partial charge in [-0.25, -0.2) is 0 Å². The van der Waals surface area contributed by atoms with Crippen LogP contribution in [0.4, 0.5) is 11.5 Å². The van der Waals surface area contributed by atoms with E-state index < -0.39 is 0 Å². The van der Waals surface area contributed by atoms with Crippen LogP contribution >= 0.6 is 0 Å². The van der Waals surface area contributed by atoms with Crippen LogP contribution < -0.4 is 10.6 Å². The Morgan fingerprint density at radius 2 is 2.06 bits per heavy atom. The molecule has 0 aliphatic carbocycles. The predicted molar refractivity (Wildman–Crippen MR) is 68.1 cm³/mol. The van der Waals surface area contributed by atoms with E-state index >= 15 is 0 Å². The molecule has 1 aliphatic rings. The van der Waals surface area contributed by atoms with Crippen LogP contribution in [0.15, 0.2) is 0 Å². The van der Waals surface area contributed by atoms with Crippen molar-refractivity contribution in [2.24, 2.45) is 12.5 Å². The fraction of sp³-hybridized carbons (Fsp3) is 0.667. The molecule has 0 fully saturated rings. The molecule has 94 valence electrons. The molecule has 5 nitrogen and oxygen atoms in total. The van der Waals surface area contributed by atoms with Gasteiger partial charge in [-0.15, -0.1) is 0 Å². The number of aromatic nitrogens is 2. The zero-order valence-corrected chi connectivity index (χ0v) is 11.1. The van der Waals surface area contributed by atoms with Gasteiger partial charge in [-0.3, -0.25) is 9.48 Å². The summed E-state index contributed by atoms with van der Waals surface area (Å²) in [6, 6.07) is 0.110. The molecule has 1 aliphatic heterocycles. The number of amides is 1. The lowest BCUT2D eigenvalue weighted by molar-refractivity contribution is -0.116. The van der Waals surface area contributed by atoms with Crippen LogP contribution in [-0.2, 0) is 11.8 Å². The minimum Gasteiger partial charge on any atom is -0.365 e. The zero-order valence-electron chi connectivity index (χ0n) is 11.1. The average Bonchev–Trinajstić information content (AvgIpc) is 2.36. The maximum atomic E-state index is 11.9. The molecule has 2 N–H and O–H groups in total. The van der Waals surface area contributed by atoms with Gasteiger partial charge >= 0.3 is 0 Å². The highest BCUT2D eigenvalue weighted by Crippen LogP contribution is 2.33. The van der Waals surface area contributed by atoms with Gasteiger partial charge in [-0.05, 0) is 12.3 Å². The highest BCUT2D eigenvalue weighted by atomic mass is 16.1. The first-order chi connectivity index (χ1) is 7.79. The Hall–Kier alpha value is -1.52. The van der Waals surface area contributed by atoms with Crippen LogP contribution in [-0.4, -0.2) is 21.7 Å². The largest absolute Gasteiger partial charge is 0.365 e. The number of carbonyl (C=O) groups is 1. The van der Waals surface area contributed by atoms with Crippen molar-refractivity contribution in [2.75, 3.05) is 10.6 Å². The summed E-state index contributed by atoms with van der Waals surface area (Å²) in [7, 11) is 1.88. The molecule has 0 aromatic carbocycles. The van der Waals surface area contributed by atoms with Gasteiger partial charge in [0.1, 0.15) is 11.5 Å². The molecule has 0 radical (unpaired) electrons. The molecule has 1 atom stereocenters. The van der Waals surface area contributed by atoms with Crippen molar-refractivity contribution < 1.29 is 4.79 Å². The minimum absolute atomic E-state index is 0.0249. The Bertz CT molecular complexity index is 456. The van der Waals surface area contributed by atoms with Gasteiger partial charge in [0, 0.05) is 19.5 Å². The number of rotatable bonds is 0. The van der Waals surface area contributed by atoms with E-state index in [-0.39, 0.29) is 17.4 Å². The number of hydrogen-bond acceptors (Lipinski definition) is 3. The highest BCUT2D eigenvalue weighted by Gasteiger charge is 2.32. The molecule has 2 rings (SSSR count). The second-order valence-electron chi connectivity index (χ2n) is 5.75. The van der Waals surface area contributed by atoms with Crippen LogP contribution in [0.2, 0.25) is 0 Å². The van der Waals surface area contributed by atoms with Gasteiger partial charge in [0.25, 0.3) is 0 Å². The number of carbonyl (C=O) groups excluding carboxylic acids is 1. The number of nitrogens with one attached hydrogen (secondary N) is 2. The number of fused-ring (bicyclic) bond motifs is 1. The van der Waals surface area contributed by atoms with Gasteiger partial charge < -0.3 is 10.6 Å². The topological polar surface area (TPSA) is 59.0 Å². The van der Waals surface area contributed by atoms with Gasteiger partial charge in [-0.1, -0.05) is 20.8 Å². The molecule has 1 aromatic rings. The SMILES string of the molecule is Cc1nn(C)c2c1NC(=O)CC(C(C)(C)C)N2. The van der Waals surface area contributed by atoms with Crippen LogP contribution in [0, 0.1) is 12.3 Å². The third kappa shape index (κ3) is 2.14. The quantitative estimate of drug-likeness (QED) is 0.723. The lowest BCUT2D eigenvalue weighted by atomic mass is 9.85. The third-order valence-corrected chi connectivity index (χ3v) is 3.23. The van der Waals surface area contributed by atoms with Crippen molar-refractivity contribution in [2.45, 2.75) is 40.2 Å². The van der Waals surface area contributed by atoms with Crippen molar-refractivity contribution in [1.29, 1.82) is 0 Å². The first-order valence-corrected chi connectivity index (χ1v) is 5.89. The molecule has 0 saturated heterocycles. The van der Waals surface area contributed by atoms with Crippen LogP contribution in [0.1, 0.15) is 32.9 Å². The Kier molecular flexibility index (Phi) is 2.64. The van der Waals surface area contributed by atoms with E-state index in [2.05, 4.69) is 36.5 Å². The third-order valence-electron chi connectivity index (χ3n) is 3.23. The van der Waals surface area contributed by atoms with E-state index in [1.807, 2.05) is 14.0 Å². The number of nitrogens with zero attached hydrogens (tertiary/aromatic N) is 2. The molecular weight excluding hydrogens is 216 g/mol. The van der Waals surface area contributed by atoms with Crippen molar-refractivity contribution in [1.82, 2.24) is 9.78 Å². The second-order valence-corrected chi connectivity index (χ2v) is 5.75. The van der Waals surface area contributed by atoms with Crippen LogP contribution in [0.25, 0.3) is 0 Å². The molecular formula is C12H20N4O. The first-order valence-electron chi connectivity index (χ1n) is 5.89.